The molecule has 0 radical (unpaired) electrons. The highest BCUT2D eigenvalue weighted by Gasteiger charge is 2.19. The van der Waals surface area contributed by atoms with Crippen LogP contribution in [0.1, 0.15) is 22.3 Å². The fourth-order valence-corrected chi connectivity index (χ4v) is 1.72. The Morgan fingerprint density at radius 1 is 1.46 bits per heavy atom. The van der Waals surface area contributed by atoms with E-state index in [-0.39, 0.29) is 20.2 Å². The Bertz CT molecular complexity index is 344. The lowest BCUT2D eigenvalue weighted by Gasteiger charge is -2.06. The van der Waals surface area contributed by atoms with Crippen LogP contribution in [0.15, 0.2) is 15.3 Å². The molecule has 0 fully saturated rings. The van der Waals surface area contributed by atoms with Crippen LogP contribution < -0.4 is 0 Å². The Labute approximate surface area is 89.6 Å². The molecule has 0 amide bonds. The predicted molar refractivity (Wildman–Crippen MR) is 50.0 cm³/mol. The van der Waals surface area contributed by atoms with Crippen LogP contribution in [0, 0.1) is 0 Å². The second-order valence-electron chi connectivity index (χ2n) is 2.14. The molecule has 0 aromatic carbocycles. The van der Waals surface area contributed by atoms with Crippen molar-refractivity contribution in [3.63, 3.8) is 0 Å². The van der Waals surface area contributed by atoms with Crippen molar-refractivity contribution in [3.8, 4) is 0 Å². The van der Waals surface area contributed by atoms with Crippen LogP contribution in [-0.4, -0.2) is 11.3 Å². The van der Waals surface area contributed by atoms with Gasteiger partial charge < -0.3 is 0 Å². The molecule has 0 N–H and O–H groups in total. The molecule has 0 aliphatic carbocycles. The van der Waals surface area contributed by atoms with Crippen molar-refractivity contribution in [1.29, 1.82) is 0 Å². The summed E-state index contributed by atoms with van der Waals surface area (Å²) in [5.74, 6) is 0. The molecule has 6 heteroatoms. The largest absolute Gasteiger partial charge is 0.298 e. The topological polar surface area (TPSA) is 30.0 Å². The van der Waals surface area contributed by atoms with Gasteiger partial charge in [0.2, 0.25) is 0 Å². The fraction of sp³-hybridized carbons (Fsp3) is 0.143. The van der Waals surface area contributed by atoms with Crippen molar-refractivity contribution in [2.75, 3.05) is 0 Å². The minimum atomic E-state index is -2.72. The van der Waals surface area contributed by atoms with E-state index in [1.807, 2.05) is 0 Å². The monoisotopic (exact) mass is 313 g/mol. The minimum absolute atomic E-state index is 0.00667. The van der Waals surface area contributed by atoms with Gasteiger partial charge in [-0.05, 0) is 31.9 Å². The Hall–Kier alpha value is -0.360. The predicted octanol–water partition coefficient (Wildman–Crippen LogP) is 3.36. The quantitative estimate of drug-likeness (QED) is 0.619. The third-order valence-corrected chi connectivity index (χ3v) is 2.66. The highest BCUT2D eigenvalue weighted by atomic mass is 79.9. The standard InChI is InChI=1S/C7H3Br2F2NO/c8-4-1-12-6(9)5(7(10)11)3(4)2-13/h1-2,7H. The van der Waals surface area contributed by atoms with Crippen molar-refractivity contribution in [2.45, 2.75) is 6.43 Å². The van der Waals surface area contributed by atoms with Gasteiger partial charge in [0.1, 0.15) is 4.60 Å². The van der Waals surface area contributed by atoms with Crippen molar-refractivity contribution < 1.29 is 13.6 Å². The first-order chi connectivity index (χ1) is 6.07. The molecule has 1 heterocycles. The summed E-state index contributed by atoms with van der Waals surface area (Å²) in [4.78, 5) is 14.1. The molecule has 0 unspecified atom stereocenters. The Morgan fingerprint density at radius 3 is 2.46 bits per heavy atom. The first-order valence-corrected chi connectivity index (χ1v) is 4.73. The molecule has 2 nitrogen and oxygen atoms in total. The van der Waals surface area contributed by atoms with Crippen LogP contribution in [0.3, 0.4) is 0 Å². The Morgan fingerprint density at radius 2 is 2.08 bits per heavy atom. The van der Waals surface area contributed by atoms with Gasteiger partial charge >= 0.3 is 0 Å². The van der Waals surface area contributed by atoms with Crippen LogP contribution in [-0.2, 0) is 0 Å². The highest BCUT2D eigenvalue weighted by molar-refractivity contribution is 9.11. The maximum Gasteiger partial charge on any atom is 0.267 e. The molecule has 0 aliphatic heterocycles. The molecule has 1 rings (SSSR count). The molecule has 0 saturated heterocycles. The van der Waals surface area contributed by atoms with Gasteiger partial charge in [0.25, 0.3) is 6.43 Å². The number of aromatic nitrogens is 1. The van der Waals surface area contributed by atoms with Gasteiger partial charge in [0, 0.05) is 16.2 Å². The summed E-state index contributed by atoms with van der Waals surface area (Å²) in [5, 5.41) is 0. The molecule has 1 aromatic heterocycles. The van der Waals surface area contributed by atoms with Crippen LogP contribution in [0.25, 0.3) is 0 Å². The molecule has 0 bridgehead atoms. The number of halogens is 4. The van der Waals surface area contributed by atoms with Crippen LogP contribution in [0.5, 0.6) is 0 Å². The first-order valence-electron chi connectivity index (χ1n) is 3.15. The number of nitrogens with zero attached hydrogens (tertiary/aromatic N) is 1. The zero-order valence-corrected chi connectivity index (χ0v) is 9.27. The van der Waals surface area contributed by atoms with Gasteiger partial charge in [-0.3, -0.25) is 4.79 Å². The normalized spacial score (nSPS) is 10.5. The van der Waals surface area contributed by atoms with E-state index < -0.39 is 6.43 Å². The number of aldehydes is 1. The van der Waals surface area contributed by atoms with Gasteiger partial charge in [-0.2, -0.15) is 0 Å². The summed E-state index contributed by atoms with van der Waals surface area (Å²) in [6.45, 7) is 0. The second kappa shape index (κ2) is 4.23. The average molecular weight is 315 g/mol. The lowest BCUT2D eigenvalue weighted by Crippen LogP contribution is -1.98. The van der Waals surface area contributed by atoms with E-state index in [9.17, 15) is 13.6 Å². The van der Waals surface area contributed by atoms with Crippen molar-refractivity contribution in [1.82, 2.24) is 4.98 Å². The molecule has 13 heavy (non-hydrogen) atoms. The molecule has 0 atom stereocenters. The molecular formula is C7H3Br2F2NO. The van der Waals surface area contributed by atoms with Crippen molar-refractivity contribution >= 4 is 38.1 Å². The van der Waals surface area contributed by atoms with E-state index in [1.165, 1.54) is 6.20 Å². The number of carbonyl (C=O) groups excluding carboxylic acids is 1. The van der Waals surface area contributed by atoms with Crippen LogP contribution in [0.2, 0.25) is 0 Å². The van der Waals surface area contributed by atoms with Gasteiger partial charge in [0.15, 0.2) is 6.29 Å². The van der Waals surface area contributed by atoms with E-state index in [0.717, 1.165) is 0 Å². The number of pyridine rings is 1. The van der Waals surface area contributed by atoms with E-state index >= 15 is 0 Å². The maximum absolute atomic E-state index is 12.4. The zero-order chi connectivity index (χ0) is 10.0. The van der Waals surface area contributed by atoms with Gasteiger partial charge in [0.05, 0.1) is 5.56 Å². The molecule has 0 saturated carbocycles. The number of rotatable bonds is 2. The summed E-state index contributed by atoms with van der Waals surface area (Å²) in [6, 6.07) is 0. The minimum Gasteiger partial charge on any atom is -0.298 e. The lowest BCUT2D eigenvalue weighted by atomic mass is 10.2. The van der Waals surface area contributed by atoms with Gasteiger partial charge in [-0.1, -0.05) is 0 Å². The molecule has 1 aromatic rings. The molecular weight excluding hydrogens is 312 g/mol. The summed E-state index contributed by atoms with van der Waals surface area (Å²) in [6.07, 6.45) is -1.06. The van der Waals surface area contributed by atoms with Crippen molar-refractivity contribution in [3.05, 3.63) is 26.4 Å². The van der Waals surface area contributed by atoms with E-state index in [0.29, 0.717) is 6.29 Å². The van der Waals surface area contributed by atoms with Gasteiger partial charge in [-0.15, -0.1) is 0 Å². The van der Waals surface area contributed by atoms with Gasteiger partial charge in [-0.25, -0.2) is 13.8 Å². The van der Waals surface area contributed by atoms with Crippen LogP contribution >= 0.6 is 31.9 Å². The van der Waals surface area contributed by atoms with E-state index in [1.54, 1.807) is 0 Å². The number of hydrogen-bond acceptors (Lipinski definition) is 2. The summed E-state index contributed by atoms with van der Waals surface area (Å²) in [7, 11) is 0. The molecule has 0 spiro atoms. The van der Waals surface area contributed by atoms with E-state index in [4.69, 9.17) is 0 Å². The second-order valence-corrected chi connectivity index (χ2v) is 3.75. The third kappa shape index (κ3) is 2.11. The summed E-state index contributed by atoms with van der Waals surface area (Å²) < 4.78 is 25.1. The Kier molecular flexibility index (Phi) is 3.49. The maximum atomic E-state index is 12.4. The van der Waals surface area contributed by atoms with Crippen molar-refractivity contribution in [2.24, 2.45) is 0 Å². The van der Waals surface area contributed by atoms with Crippen LogP contribution in [0.4, 0.5) is 8.78 Å². The Balaban J connectivity index is 3.43. The molecule has 70 valence electrons. The summed E-state index contributed by atoms with van der Waals surface area (Å²) >= 11 is 5.81. The lowest BCUT2D eigenvalue weighted by molar-refractivity contribution is 0.110. The fourth-order valence-electron chi connectivity index (χ4n) is 0.820. The highest BCUT2D eigenvalue weighted by Crippen LogP contribution is 2.31. The average Bonchev–Trinajstić information content (AvgIpc) is 2.07. The number of alkyl halides is 2. The SMILES string of the molecule is O=Cc1c(Br)cnc(Br)c1C(F)F. The molecule has 0 aliphatic rings. The number of hydrogen-bond donors (Lipinski definition) is 0. The third-order valence-electron chi connectivity index (χ3n) is 1.40. The smallest absolute Gasteiger partial charge is 0.267 e. The van der Waals surface area contributed by atoms with E-state index in [2.05, 4.69) is 36.8 Å². The summed E-state index contributed by atoms with van der Waals surface area (Å²) in [5.41, 5.74) is -0.457. The number of carbonyl (C=O) groups is 1. The zero-order valence-electron chi connectivity index (χ0n) is 6.10. The first kappa shape index (κ1) is 10.7.